The molecule has 0 saturated carbocycles. The van der Waals surface area contributed by atoms with E-state index in [9.17, 15) is 4.79 Å². The van der Waals surface area contributed by atoms with E-state index in [2.05, 4.69) is 11.8 Å². The molecule has 106 valence electrons. The summed E-state index contributed by atoms with van der Waals surface area (Å²) in [4.78, 5) is 13.9. The van der Waals surface area contributed by atoms with Crippen LogP contribution in [0.2, 0.25) is 0 Å². The molecule has 1 aliphatic rings. The maximum Gasteiger partial charge on any atom is 0.374 e. The van der Waals surface area contributed by atoms with Crippen molar-refractivity contribution in [2.75, 3.05) is 20.2 Å². The van der Waals surface area contributed by atoms with Gasteiger partial charge in [-0.3, -0.25) is 4.90 Å². The molecule has 0 aromatic carbocycles. The fourth-order valence-corrected chi connectivity index (χ4v) is 2.70. The lowest BCUT2D eigenvalue weighted by Gasteiger charge is -2.37. The van der Waals surface area contributed by atoms with Crippen LogP contribution in [0, 0.1) is 5.92 Å². The molecule has 2 heterocycles. The Morgan fingerprint density at radius 2 is 2.42 bits per heavy atom. The number of carbonyl (C=O) groups excluding carboxylic acids is 1. The smallest absolute Gasteiger partial charge is 0.374 e. The van der Waals surface area contributed by atoms with Gasteiger partial charge in [-0.05, 0) is 31.4 Å². The summed E-state index contributed by atoms with van der Waals surface area (Å²) in [6, 6.07) is 2.21. The van der Waals surface area contributed by atoms with Crippen LogP contribution in [0.25, 0.3) is 0 Å². The molecule has 1 aliphatic heterocycles. The van der Waals surface area contributed by atoms with E-state index in [0.717, 1.165) is 18.5 Å². The molecule has 2 unspecified atom stereocenters. The van der Waals surface area contributed by atoms with Gasteiger partial charge in [0, 0.05) is 24.7 Å². The number of nitrogens with zero attached hydrogens (tertiary/aromatic N) is 1. The standard InChI is InChI=1S/C14H22N2O3/c1-10-3-5-16(12(7-10)8-15)9-11-4-6-19-13(11)14(17)18-2/h4,6,10,12H,3,5,7-9,15H2,1-2H3. The quantitative estimate of drug-likeness (QED) is 0.839. The summed E-state index contributed by atoms with van der Waals surface area (Å²) >= 11 is 0. The molecule has 2 N–H and O–H groups in total. The van der Waals surface area contributed by atoms with Crippen molar-refractivity contribution in [1.82, 2.24) is 4.90 Å². The highest BCUT2D eigenvalue weighted by Crippen LogP contribution is 2.25. The topological polar surface area (TPSA) is 68.7 Å². The van der Waals surface area contributed by atoms with Crippen LogP contribution >= 0.6 is 0 Å². The summed E-state index contributed by atoms with van der Waals surface area (Å²) in [5.41, 5.74) is 6.73. The van der Waals surface area contributed by atoms with E-state index in [-0.39, 0.29) is 0 Å². The molecule has 2 atom stereocenters. The molecule has 0 bridgehead atoms. The largest absolute Gasteiger partial charge is 0.463 e. The Balaban J connectivity index is 2.08. The van der Waals surface area contributed by atoms with Crippen molar-refractivity contribution >= 4 is 5.97 Å². The van der Waals surface area contributed by atoms with Crippen LogP contribution in [-0.2, 0) is 11.3 Å². The first-order valence-electron chi connectivity index (χ1n) is 6.74. The summed E-state index contributed by atoms with van der Waals surface area (Å²) in [7, 11) is 1.36. The summed E-state index contributed by atoms with van der Waals surface area (Å²) in [5, 5.41) is 0. The molecule has 0 radical (unpaired) electrons. The molecule has 2 rings (SSSR count). The van der Waals surface area contributed by atoms with Gasteiger partial charge >= 0.3 is 5.97 Å². The van der Waals surface area contributed by atoms with Gasteiger partial charge in [0.05, 0.1) is 13.4 Å². The maximum absolute atomic E-state index is 11.6. The summed E-state index contributed by atoms with van der Waals surface area (Å²) < 4.78 is 9.94. The van der Waals surface area contributed by atoms with Crippen molar-refractivity contribution < 1.29 is 13.9 Å². The maximum atomic E-state index is 11.6. The number of piperidine rings is 1. The molecule has 19 heavy (non-hydrogen) atoms. The molecule has 5 heteroatoms. The summed E-state index contributed by atoms with van der Waals surface area (Å²) in [6.07, 6.45) is 3.81. The third kappa shape index (κ3) is 3.16. The second kappa shape index (κ2) is 6.21. The minimum absolute atomic E-state index is 0.303. The number of likely N-dealkylation sites (tertiary alicyclic amines) is 1. The Morgan fingerprint density at radius 1 is 1.63 bits per heavy atom. The van der Waals surface area contributed by atoms with Crippen molar-refractivity contribution in [1.29, 1.82) is 0 Å². The van der Waals surface area contributed by atoms with Gasteiger partial charge in [0.1, 0.15) is 0 Å². The van der Waals surface area contributed by atoms with Crippen LogP contribution in [0.4, 0.5) is 0 Å². The minimum Gasteiger partial charge on any atom is -0.463 e. The van der Waals surface area contributed by atoms with Crippen LogP contribution in [0.15, 0.2) is 16.7 Å². The predicted molar refractivity (Wildman–Crippen MR) is 71.7 cm³/mol. The lowest BCUT2D eigenvalue weighted by molar-refractivity contribution is 0.0558. The van der Waals surface area contributed by atoms with Crippen molar-refractivity contribution in [3.8, 4) is 0 Å². The molecule has 0 spiro atoms. The Morgan fingerprint density at radius 3 is 3.11 bits per heavy atom. The fourth-order valence-electron chi connectivity index (χ4n) is 2.70. The third-order valence-electron chi connectivity index (χ3n) is 3.86. The van der Waals surface area contributed by atoms with Crippen molar-refractivity contribution in [3.05, 3.63) is 23.7 Å². The van der Waals surface area contributed by atoms with Gasteiger partial charge in [0.2, 0.25) is 5.76 Å². The summed E-state index contributed by atoms with van der Waals surface area (Å²) in [6.45, 7) is 4.61. The van der Waals surface area contributed by atoms with E-state index in [0.29, 0.717) is 30.8 Å². The normalized spacial score (nSPS) is 24.4. The van der Waals surface area contributed by atoms with Crippen LogP contribution in [0.3, 0.4) is 0 Å². The van der Waals surface area contributed by atoms with E-state index in [1.165, 1.54) is 19.8 Å². The highest BCUT2D eigenvalue weighted by Gasteiger charge is 2.27. The number of ether oxygens (including phenoxy) is 1. The predicted octanol–water partition coefficient (Wildman–Crippen LogP) is 1.63. The second-order valence-electron chi connectivity index (χ2n) is 5.26. The third-order valence-corrected chi connectivity index (χ3v) is 3.86. The van der Waals surface area contributed by atoms with Gasteiger partial charge in [0.25, 0.3) is 0 Å². The van der Waals surface area contributed by atoms with Gasteiger partial charge in [-0.2, -0.15) is 0 Å². The molecule has 1 fully saturated rings. The number of furan rings is 1. The van der Waals surface area contributed by atoms with Crippen molar-refractivity contribution in [3.63, 3.8) is 0 Å². The van der Waals surface area contributed by atoms with Crippen LogP contribution < -0.4 is 5.73 Å². The second-order valence-corrected chi connectivity index (χ2v) is 5.26. The molecule has 0 aliphatic carbocycles. The Kier molecular flexibility index (Phi) is 4.61. The van der Waals surface area contributed by atoms with Gasteiger partial charge in [-0.15, -0.1) is 0 Å². The number of methoxy groups -OCH3 is 1. The summed E-state index contributed by atoms with van der Waals surface area (Å²) in [5.74, 6) is 0.598. The number of rotatable bonds is 4. The molecule has 1 saturated heterocycles. The van der Waals surface area contributed by atoms with Crippen LogP contribution in [0.5, 0.6) is 0 Å². The number of hydrogen-bond acceptors (Lipinski definition) is 5. The monoisotopic (exact) mass is 266 g/mol. The van der Waals surface area contributed by atoms with E-state index in [1.54, 1.807) is 0 Å². The number of carbonyl (C=O) groups is 1. The zero-order valence-corrected chi connectivity index (χ0v) is 11.6. The number of hydrogen-bond donors (Lipinski definition) is 1. The molecule has 0 amide bonds. The van der Waals surface area contributed by atoms with Gasteiger partial charge in [0.15, 0.2) is 0 Å². The first-order chi connectivity index (χ1) is 9.15. The number of nitrogens with two attached hydrogens (primary N) is 1. The Labute approximate surface area is 113 Å². The van der Waals surface area contributed by atoms with E-state index in [1.807, 2.05) is 6.07 Å². The Bertz CT molecular complexity index is 430. The zero-order chi connectivity index (χ0) is 13.8. The average molecular weight is 266 g/mol. The van der Waals surface area contributed by atoms with E-state index in [4.69, 9.17) is 14.9 Å². The van der Waals surface area contributed by atoms with Crippen molar-refractivity contribution in [2.24, 2.45) is 11.7 Å². The average Bonchev–Trinajstić information content (AvgIpc) is 2.88. The fraction of sp³-hybridized carbons (Fsp3) is 0.643. The molecular weight excluding hydrogens is 244 g/mol. The van der Waals surface area contributed by atoms with E-state index < -0.39 is 5.97 Å². The number of esters is 1. The molecule has 1 aromatic heterocycles. The van der Waals surface area contributed by atoms with Crippen molar-refractivity contribution in [2.45, 2.75) is 32.4 Å². The van der Waals surface area contributed by atoms with Gasteiger partial charge in [-0.25, -0.2) is 4.79 Å². The van der Waals surface area contributed by atoms with Crippen LogP contribution in [-0.4, -0.2) is 37.1 Å². The first-order valence-corrected chi connectivity index (χ1v) is 6.74. The lowest BCUT2D eigenvalue weighted by Crippen LogP contribution is -2.45. The highest BCUT2D eigenvalue weighted by atomic mass is 16.5. The zero-order valence-electron chi connectivity index (χ0n) is 11.6. The molecule has 1 aromatic rings. The highest BCUT2D eigenvalue weighted by molar-refractivity contribution is 5.87. The van der Waals surface area contributed by atoms with E-state index >= 15 is 0 Å². The lowest BCUT2D eigenvalue weighted by atomic mass is 9.92. The molecular formula is C14H22N2O3. The first kappa shape index (κ1) is 14.1. The molecule has 5 nitrogen and oxygen atoms in total. The van der Waals surface area contributed by atoms with Gasteiger partial charge in [-0.1, -0.05) is 6.92 Å². The Hall–Kier alpha value is -1.33. The SMILES string of the molecule is COC(=O)c1occc1CN1CCC(C)CC1CN. The van der Waals surface area contributed by atoms with Crippen LogP contribution in [0.1, 0.15) is 35.9 Å². The minimum atomic E-state index is -0.422. The van der Waals surface area contributed by atoms with Gasteiger partial charge < -0.3 is 14.9 Å².